The van der Waals surface area contributed by atoms with Gasteiger partial charge in [0.2, 0.25) is 0 Å². The zero-order chi connectivity index (χ0) is 22.7. The number of hydrogen-bond acceptors (Lipinski definition) is 6. The first-order chi connectivity index (χ1) is 14.7. The molecule has 4 atom stereocenters. The molecule has 166 valence electrons. The van der Waals surface area contributed by atoms with E-state index in [2.05, 4.69) is 6.58 Å². The van der Waals surface area contributed by atoms with Crippen LogP contribution in [0.4, 0.5) is 4.39 Å². The number of rotatable bonds is 7. The molecule has 0 saturated carbocycles. The van der Waals surface area contributed by atoms with Gasteiger partial charge in [-0.05, 0) is 49.5 Å². The second-order valence-electron chi connectivity index (χ2n) is 8.15. The van der Waals surface area contributed by atoms with Gasteiger partial charge >= 0.3 is 17.9 Å². The fraction of sp³-hybridized carbons (Fsp3) is 0.458. The van der Waals surface area contributed by atoms with Crippen molar-refractivity contribution in [1.29, 1.82) is 0 Å². The van der Waals surface area contributed by atoms with Crippen LogP contribution in [0.3, 0.4) is 0 Å². The largest absolute Gasteiger partial charge is 0.466 e. The highest BCUT2D eigenvalue weighted by Gasteiger charge is 2.50. The average Bonchev–Trinajstić information content (AvgIpc) is 2.98. The van der Waals surface area contributed by atoms with Gasteiger partial charge in [0.25, 0.3) is 0 Å². The van der Waals surface area contributed by atoms with E-state index in [1.165, 1.54) is 25.1 Å². The zero-order valence-corrected chi connectivity index (χ0v) is 18.0. The van der Waals surface area contributed by atoms with E-state index in [0.717, 1.165) is 17.2 Å². The van der Waals surface area contributed by atoms with Crippen LogP contribution in [0.25, 0.3) is 0 Å². The van der Waals surface area contributed by atoms with Crippen molar-refractivity contribution >= 4 is 17.9 Å². The normalized spacial score (nSPS) is 23.8. The molecule has 1 saturated heterocycles. The first-order valence-corrected chi connectivity index (χ1v) is 10.4. The van der Waals surface area contributed by atoms with Crippen LogP contribution in [0.15, 0.2) is 47.6 Å². The predicted octanol–water partition coefficient (Wildman–Crippen LogP) is 4.15. The minimum Gasteiger partial charge on any atom is -0.466 e. The molecule has 1 heterocycles. The number of hydrogen-bond donors (Lipinski definition) is 0. The van der Waals surface area contributed by atoms with Gasteiger partial charge in [0.1, 0.15) is 18.0 Å². The molecule has 6 nitrogen and oxygen atoms in total. The van der Waals surface area contributed by atoms with Crippen molar-refractivity contribution in [2.24, 2.45) is 11.8 Å². The molecule has 0 bridgehead atoms. The Hall–Kier alpha value is -2.96. The summed E-state index contributed by atoms with van der Waals surface area (Å²) in [5.74, 6) is -2.51. The minimum atomic E-state index is -0.739. The molecule has 1 aromatic carbocycles. The van der Waals surface area contributed by atoms with Crippen LogP contribution in [-0.2, 0) is 23.8 Å². The Morgan fingerprint density at radius 1 is 1.35 bits per heavy atom. The Morgan fingerprint density at radius 2 is 2.10 bits per heavy atom. The van der Waals surface area contributed by atoms with Crippen LogP contribution in [0.1, 0.15) is 50.4 Å². The maximum atomic E-state index is 13.6. The molecule has 0 unspecified atom stereocenters. The van der Waals surface area contributed by atoms with Crippen molar-refractivity contribution in [2.75, 3.05) is 6.61 Å². The number of carbonyl (C=O) groups excluding carboxylic acids is 3. The van der Waals surface area contributed by atoms with Gasteiger partial charge in [0.05, 0.1) is 18.1 Å². The topological polar surface area (TPSA) is 78.9 Å². The summed E-state index contributed by atoms with van der Waals surface area (Å²) in [5, 5.41) is 0. The smallest absolute Gasteiger partial charge is 0.338 e. The van der Waals surface area contributed by atoms with E-state index in [1.807, 2.05) is 13.8 Å². The third-order valence-corrected chi connectivity index (χ3v) is 5.87. The van der Waals surface area contributed by atoms with Crippen LogP contribution in [0, 0.1) is 17.7 Å². The molecular formula is C24H27FO6. The van der Waals surface area contributed by atoms with E-state index < -0.39 is 35.9 Å². The van der Waals surface area contributed by atoms with E-state index in [0.29, 0.717) is 25.9 Å². The molecule has 1 aliphatic carbocycles. The summed E-state index contributed by atoms with van der Waals surface area (Å²) in [5.41, 5.74) is 2.27. The highest BCUT2D eigenvalue weighted by molar-refractivity contribution is 5.92. The van der Waals surface area contributed by atoms with Gasteiger partial charge in [-0.15, -0.1) is 0 Å². The highest BCUT2D eigenvalue weighted by Crippen LogP contribution is 2.45. The molecular weight excluding hydrogens is 403 g/mol. The summed E-state index contributed by atoms with van der Waals surface area (Å²) in [6.45, 7) is 9.49. The molecule has 2 aliphatic rings. The third kappa shape index (κ3) is 5.03. The number of benzene rings is 1. The maximum Gasteiger partial charge on any atom is 0.338 e. The van der Waals surface area contributed by atoms with Gasteiger partial charge < -0.3 is 14.2 Å². The third-order valence-electron chi connectivity index (χ3n) is 5.87. The summed E-state index contributed by atoms with van der Waals surface area (Å²) < 4.78 is 29.9. The SMILES string of the molecule is C=C1C(=O)O[C@@H]2CC(C)=C([C@@H](C)CCCOC(C)=O)[C@@H](OC(=O)c3cccc(F)c3)[C@H]12. The Morgan fingerprint density at radius 3 is 2.77 bits per heavy atom. The summed E-state index contributed by atoms with van der Waals surface area (Å²) >= 11 is 0. The molecule has 3 rings (SSSR count). The molecule has 0 spiro atoms. The number of halogens is 1. The summed E-state index contributed by atoms with van der Waals surface area (Å²) in [6.07, 6.45) is 0.700. The Kier molecular flexibility index (Phi) is 6.93. The van der Waals surface area contributed by atoms with Gasteiger partial charge in [-0.2, -0.15) is 0 Å². The first-order valence-electron chi connectivity index (χ1n) is 10.4. The molecule has 0 aromatic heterocycles. The average molecular weight is 430 g/mol. The second kappa shape index (κ2) is 9.45. The van der Waals surface area contributed by atoms with Gasteiger partial charge in [-0.3, -0.25) is 4.79 Å². The van der Waals surface area contributed by atoms with Gasteiger partial charge in [0, 0.05) is 18.9 Å². The lowest BCUT2D eigenvalue weighted by Gasteiger charge is -2.37. The lowest BCUT2D eigenvalue weighted by Crippen LogP contribution is -2.40. The van der Waals surface area contributed by atoms with Gasteiger partial charge in [0.15, 0.2) is 0 Å². The molecule has 0 N–H and O–H groups in total. The summed E-state index contributed by atoms with van der Waals surface area (Å²) in [6, 6.07) is 5.29. The molecule has 1 aliphatic heterocycles. The van der Waals surface area contributed by atoms with Crippen LogP contribution in [0.2, 0.25) is 0 Å². The quantitative estimate of drug-likeness (QED) is 0.213. The second-order valence-corrected chi connectivity index (χ2v) is 8.15. The molecule has 0 amide bonds. The predicted molar refractivity (Wildman–Crippen MR) is 110 cm³/mol. The van der Waals surface area contributed by atoms with Crippen molar-refractivity contribution in [3.05, 3.63) is 58.9 Å². The minimum absolute atomic E-state index is 0.00493. The monoisotopic (exact) mass is 430 g/mol. The Balaban J connectivity index is 1.86. The van der Waals surface area contributed by atoms with Crippen molar-refractivity contribution in [2.45, 2.75) is 52.2 Å². The summed E-state index contributed by atoms with van der Waals surface area (Å²) in [4.78, 5) is 36.0. The molecule has 1 fully saturated rings. The number of ether oxygens (including phenoxy) is 3. The van der Waals surface area contributed by atoms with E-state index >= 15 is 0 Å². The molecule has 0 radical (unpaired) electrons. The Bertz CT molecular complexity index is 934. The van der Waals surface area contributed by atoms with Crippen molar-refractivity contribution < 1.29 is 33.0 Å². The first kappa shape index (κ1) is 22.7. The number of esters is 3. The summed E-state index contributed by atoms with van der Waals surface area (Å²) in [7, 11) is 0. The standard InChI is InChI=1S/C24H27FO6/c1-13(7-6-10-29-16(4)26)20-14(2)11-19-21(15(3)23(27)30-19)22(20)31-24(28)17-8-5-9-18(25)12-17/h5,8-9,12-13,19,21-22H,3,6-7,10-11H2,1-2,4H3/t13-,19+,21+,22+/m0/s1. The van der Waals surface area contributed by atoms with E-state index in [1.54, 1.807) is 0 Å². The van der Waals surface area contributed by atoms with E-state index in [-0.39, 0.29) is 23.0 Å². The molecule has 31 heavy (non-hydrogen) atoms. The van der Waals surface area contributed by atoms with E-state index in [9.17, 15) is 18.8 Å². The number of carbonyl (C=O) groups is 3. The maximum absolute atomic E-state index is 13.6. The van der Waals surface area contributed by atoms with Crippen LogP contribution < -0.4 is 0 Å². The lowest BCUT2D eigenvalue weighted by atomic mass is 9.73. The van der Waals surface area contributed by atoms with Crippen molar-refractivity contribution in [1.82, 2.24) is 0 Å². The zero-order valence-electron chi connectivity index (χ0n) is 18.0. The van der Waals surface area contributed by atoms with Gasteiger partial charge in [-0.1, -0.05) is 25.1 Å². The highest BCUT2D eigenvalue weighted by atomic mass is 19.1. The van der Waals surface area contributed by atoms with Crippen LogP contribution in [-0.4, -0.2) is 36.7 Å². The van der Waals surface area contributed by atoms with Gasteiger partial charge in [-0.25, -0.2) is 14.0 Å². The van der Waals surface area contributed by atoms with Crippen LogP contribution >= 0.6 is 0 Å². The van der Waals surface area contributed by atoms with Crippen LogP contribution in [0.5, 0.6) is 0 Å². The fourth-order valence-corrected chi connectivity index (χ4v) is 4.45. The lowest BCUT2D eigenvalue weighted by molar-refractivity contribution is -0.141. The Labute approximate surface area is 181 Å². The van der Waals surface area contributed by atoms with Crippen molar-refractivity contribution in [3.8, 4) is 0 Å². The van der Waals surface area contributed by atoms with E-state index in [4.69, 9.17) is 14.2 Å². The molecule has 7 heteroatoms. The fourth-order valence-electron chi connectivity index (χ4n) is 4.45. The molecule has 1 aromatic rings. The van der Waals surface area contributed by atoms with Crippen molar-refractivity contribution in [3.63, 3.8) is 0 Å². The number of fused-ring (bicyclic) bond motifs is 1.